The lowest BCUT2D eigenvalue weighted by Crippen LogP contribution is -2.30. The van der Waals surface area contributed by atoms with Gasteiger partial charge in [-0.1, -0.05) is 23.7 Å². The molecule has 8 nitrogen and oxygen atoms in total. The first kappa shape index (κ1) is 17.4. The third-order valence-electron chi connectivity index (χ3n) is 2.99. The van der Waals surface area contributed by atoms with E-state index in [-0.39, 0.29) is 16.4 Å². The largest absolute Gasteiger partial charge is 0.449 e. The van der Waals surface area contributed by atoms with Gasteiger partial charge < -0.3 is 10.1 Å². The predicted octanol–water partition coefficient (Wildman–Crippen LogP) is 2.83. The maximum absolute atomic E-state index is 12.1. The lowest BCUT2D eigenvalue weighted by Gasteiger charge is -2.14. The molecule has 0 radical (unpaired) electrons. The van der Waals surface area contributed by atoms with Crippen molar-refractivity contribution in [3.63, 3.8) is 0 Å². The highest BCUT2D eigenvalue weighted by molar-refractivity contribution is 6.32. The van der Waals surface area contributed by atoms with Crippen LogP contribution in [0.1, 0.15) is 17.3 Å². The molecule has 1 aromatic carbocycles. The van der Waals surface area contributed by atoms with Gasteiger partial charge in [0.15, 0.2) is 11.3 Å². The summed E-state index contributed by atoms with van der Waals surface area (Å²) in [5.74, 6) is -1.61. The van der Waals surface area contributed by atoms with E-state index < -0.39 is 28.6 Å². The average molecular weight is 350 g/mol. The third-order valence-corrected chi connectivity index (χ3v) is 3.29. The molecule has 1 unspecified atom stereocenters. The molecule has 0 saturated heterocycles. The summed E-state index contributed by atoms with van der Waals surface area (Å²) in [6, 6.07) is 8.42. The minimum absolute atomic E-state index is 0.0862. The highest BCUT2D eigenvalue weighted by atomic mass is 35.5. The summed E-state index contributed by atoms with van der Waals surface area (Å²) in [6.07, 6.45) is 0.268. The molecule has 9 heteroatoms. The smallest absolute Gasteiger partial charge is 0.345 e. The van der Waals surface area contributed by atoms with Crippen LogP contribution in [0.3, 0.4) is 0 Å². The topological polar surface area (TPSA) is 111 Å². The molecule has 2 aromatic rings. The second-order valence-electron chi connectivity index (χ2n) is 4.65. The molecule has 0 spiro atoms. The number of rotatable bonds is 5. The van der Waals surface area contributed by atoms with Gasteiger partial charge in [0.25, 0.3) is 11.6 Å². The van der Waals surface area contributed by atoms with Gasteiger partial charge in [0.2, 0.25) is 0 Å². The summed E-state index contributed by atoms with van der Waals surface area (Å²) in [5.41, 5.74) is -0.371. The van der Waals surface area contributed by atoms with Crippen LogP contribution in [-0.4, -0.2) is 27.9 Å². The quantitative estimate of drug-likeness (QED) is 0.384. The lowest BCUT2D eigenvalue weighted by molar-refractivity contribution is -0.385. The number of nitrogens with zero attached hydrogens (tertiary/aromatic N) is 2. The van der Waals surface area contributed by atoms with Crippen molar-refractivity contribution in [2.45, 2.75) is 13.0 Å². The third kappa shape index (κ3) is 4.05. The Morgan fingerprint density at radius 1 is 1.29 bits per heavy atom. The zero-order valence-corrected chi connectivity index (χ0v) is 13.2. The van der Waals surface area contributed by atoms with Crippen molar-refractivity contribution in [1.29, 1.82) is 0 Å². The van der Waals surface area contributed by atoms with Crippen molar-refractivity contribution in [2.75, 3.05) is 5.32 Å². The number of nitro benzene ring substituents is 1. The maximum atomic E-state index is 12.1. The van der Waals surface area contributed by atoms with E-state index in [2.05, 4.69) is 10.3 Å². The number of pyridine rings is 1. The maximum Gasteiger partial charge on any atom is 0.345 e. The number of benzene rings is 1. The number of nitrogens with one attached hydrogen (secondary N) is 1. The average Bonchev–Trinajstić information content (AvgIpc) is 2.56. The number of carbonyl (C=O) groups excluding carboxylic acids is 2. The van der Waals surface area contributed by atoms with Crippen LogP contribution >= 0.6 is 11.6 Å². The van der Waals surface area contributed by atoms with Crippen LogP contribution in [0.4, 0.5) is 11.4 Å². The summed E-state index contributed by atoms with van der Waals surface area (Å²) < 4.78 is 4.98. The van der Waals surface area contributed by atoms with E-state index in [1.807, 2.05) is 0 Å². The molecule has 0 fully saturated rings. The zero-order valence-electron chi connectivity index (χ0n) is 12.4. The summed E-state index contributed by atoms with van der Waals surface area (Å²) in [7, 11) is 0. The molecule has 0 saturated carbocycles. The summed E-state index contributed by atoms with van der Waals surface area (Å²) in [4.78, 5) is 38.1. The number of aromatic nitrogens is 1. The Hall–Kier alpha value is -3.00. The first-order valence-electron chi connectivity index (χ1n) is 6.76. The number of amides is 1. The number of nitro groups is 1. The highest BCUT2D eigenvalue weighted by Gasteiger charge is 2.25. The van der Waals surface area contributed by atoms with Crippen LogP contribution in [0.5, 0.6) is 0 Å². The fourth-order valence-corrected chi connectivity index (χ4v) is 1.96. The Labute approximate surface area is 141 Å². The zero-order chi connectivity index (χ0) is 17.7. The number of carbonyl (C=O) groups is 2. The van der Waals surface area contributed by atoms with E-state index in [1.54, 1.807) is 6.07 Å². The summed E-state index contributed by atoms with van der Waals surface area (Å²) >= 11 is 5.82. The Kier molecular flexibility index (Phi) is 5.43. The number of esters is 1. The van der Waals surface area contributed by atoms with Gasteiger partial charge in [0, 0.05) is 12.3 Å². The molecule has 0 aliphatic carbocycles. The van der Waals surface area contributed by atoms with Crippen molar-refractivity contribution in [2.24, 2.45) is 0 Å². The van der Waals surface area contributed by atoms with Gasteiger partial charge in [-0.3, -0.25) is 14.9 Å². The molecule has 1 atom stereocenters. The van der Waals surface area contributed by atoms with Crippen LogP contribution in [0.2, 0.25) is 5.15 Å². The molecular weight excluding hydrogens is 338 g/mol. The molecule has 1 amide bonds. The van der Waals surface area contributed by atoms with Crippen molar-refractivity contribution < 1.29 is 19.2 Å². The molecule has 0 aliphatic rings. The van der Waals surface area contributed by atoms with E-state index in [0.29, 0.717) is 0 Å². The molecule has 2 rings (SSSR count). The minimum Gasteiger partial charge on any atom is -0.449 e. The minimum atomic E-state index is -1.19. The van der Waals surface area contributed by atoms with Gasteiger partial charge in [0.05, 0.1) is 10.6 Å². The van der Waals surface area contributed by atoms with Gasteiger partial charge in [-0.05, 0) is 25.1 Å². The van der Waals surface area contributed by atoms with Gasteiger partial charge >= 0.3 is 5.97 Å². The van der Waals surface area contributed by atoms with E-state index in [1.165, 1.54) is 43.5 Å². The fraction of sp³-hybridized carbons (Fsp3) is 0.133. The van der Waals surface area contributed by atoms with Crippen molar-refractivity contribution >= 4 is 34.9 Å². The fourth-order valence-electron chi connectivity index (χ4n) is 1.80. The second kappa shape index (κ2) is 7.51. The Morgan fingerprint density at radius 2 is 2.00 bits per heavy atom. The number of hydrogen-bond donors (Lipinski definition) is 1. The van der Waals surface area contributed by atoms with E-state index in [9.17, 15) is 19.7 Å². The molecule has 0 bridgehead atoms. The highest BCUT2D eigenvalue weighted by Crippen LogP contribution is 2.20. The van der Waals surface area contributed by atoms with E-state index in [4.69, 9.17) is 16.3 Å². The monoisotopic (exact) mass is 349 g/mol. The summed E-state index contributed by atoms with van der Waals surface area (Å²) in [5, 5.41) is 13.5. The molecule has 24 heavy (non-hydrogen) atoms. The molecule has 1 N–H and O–H groups in total. The molecular formula is C15H12ClN3O5. The summed E-state index contributed by atoms with van der Waals surface area (Å²) in [6.45, 7) is 1.34. The van der Waals surface area contributed by atoms with Gasteiger partial charge in [0.1, 0.15) is 5.56 Å². The molecule has 0 aliphatic heterocycles. The standard InChI is InChI=1S/C15H12ClN3O5/c1-9(14(20)18-11-6-4-8-17-13(11)16)24-15(21)10-5-2-3-7-12(10)19(22)23/h2-9H,1H3,(H,18,20). The molecule has 1 aromatic heterocycles. The van der Waals surface area contributed by atoms with Crippen molar-refractivity contribution in [1.82, 2.24) is 4.98 Å². The van der Waals surface area contributed by atoms with Crippen LogP contribution < -0.4 is 5.32 Å². The molecule has 124 valence electrons. The number of hydrogen-bond acceptors (Lipinski definition) is 6. The number of ether oxygens (including phenoxy) is 1. The normalized spacial score (nSPS) is 11.4. The first-order valence-corrected chi connectivity index (χ1v) is 7.13. The second-order valence-corrected chi connectivity index (χ2v) is 5.01. The molecule has 1 heterocycles. The Balaban J connectivity index is 2.08. The van der Waals surface area contributed by atoms with Crippen LogP contribution in [0.25, 0.3) is 0 Å². The number of halogens is 1. The SMILES string of the molecule is CC(OC(=O)c1ccccc1[N+](=O)[O-])C(=O)Nc1cccnc1Cl. The van der Waals surface area contributed by atoms with Crippen molar-refractivity contribution in [3.05, 3.63) is 63.4 Å². The lowest BCUT2D eigenvalue weighted by atomic mass is 10.2. The van der Waals surface area contributed by atoms with Crippen LogP contribution in [0.15, 0.2) is 42.6 Å². The first-order chi connectivity index (χ1) is 11.4. The number of anilines is 1. The Bertz CT molecular complexity index is 796. The van der Waals surface area contributed by atoms with Crippen molar-refractivity contribution in [3.8, 4) is 0 Å². The van der Waals surface area contributed by atoms with Gasteiger partial charge in [-0.15, -0.1) is 0 Å². The van der Waals surface area contributed by atoms with Crippen LogP contribution in [0, 0.1) is 10.1 Å². The van der Waals surface area contributed by atoms with Gasteiger partial charge in [-0.25, -0.2) is 9.78 Å². The predicted molar refractivity (Wildman–Crippen MR) is 85.9 cm³/mol. The van der Waals surface area contributed by atoms with E-state index in [0.717, 1.165) is 0 Å². The van der Waals surface area contributed by atoms with Gasteiger partial charge in [-0.2, -0.15) is 0 Å². The van der Waals surface area contributed by atoms with E-state index >= 15 is 0 Å². The van der Waals surface area contributed by atoms with Crippen LogP contribution in [-0.2, 0) is 9.53 Å². The number of para-hydroxylation sites is 1. The Morgan fingerprint density at radius 3 is 2.67 bits per heavy atom.